The summed E-state index contributed by atoms with van der Waals surface area (Å²) in [5.41, 5.74) is 1.20. The number of amides is 2. The molecule has 28 heavy (non-hydrogen) atoms. The van der Waals surface area contributed by atoms with E-state index in [0.29, 0.717) is 12.2 Å². The van der Waals surface area contributed by atoms with Gasteiger partial charge in [-0.1, -0.05) is 25.1 Å². The number of hydrogen-bond donors (Lipinski definition) is 1. The molecule has 0 aromatic heterocycles. The van der Waals surface area contributed by atoms with Crippen molar-refractivity contribution in [2.45, 2.75) is 39.8 Å². The van der Waals surface area contributed by atoms with E-state index < -0.39 is 15.9 Å². The van der Waals surface area contributed by atoms with Crippen molar-refractivity contribution in [1.82, 2.24) is 4.90 Å². The number of benzene rings is 2. The lowest BCUT2D eigenvalue weighted by Crippen LogP contribution is -2.40. The fourth-order valence-electron chi connectivity index (χ4n) is 2.46. The average molecular weight is 408 g/mol. The van der Waals surface area contributed by atoms with Crippen LogP contribution in [0.15, 0.2) is 48.5 Å². The average Bonchev–Trinajstić information content (AvgIpc) is 2.66. The van der Waals surface area contributed by atoms with Crippen LogP contribution in [0.3, 0.4) is 0 Å². The van der Waals surface area contributed by atoms with Crippen molar-refractivity contribution in [2.75, 3.05) is 11.1 Å². The molecule has 0 radical (unpaired) electrons. The van der Waals surface area contributed by atoms with Gasteiger partial charge in [0.1, 0.15) is 11.6 Å². The zero-order valence-corrected chi connectivity index (χ0v) is 17.0. The van der Waals surface area contributed by atoms with Crippen molar-refractivity contribution in [3.05, 3.63) is 59.9 Å². The monoisotopic (exact) mass is 408 g/mol. The van der Waals surface area contributed by atoms with Crippen LogP contribution in [-0.2, 0) is 16.7 Å². The zero-order valence-electron chi connectivity index (χ0n) is 16.2. The van der Waals surface area contributed by atoms with Gasteiger partial charge in [0.2, 0.25) is 0 Å². The number of carbonyl (C=O) groups is 1. The third-order valence-electron chi connectivity index (χ3n) is 4.31. The van der Waals surface area contributed by atoms with E-state index in [4.69, 9.17) is 4.18 Å². The van der Waals surface area contributed by atoms with Crippen LogP contribution in [0, 0.1) is 5.82 Å². The van der Waals surface area contributed by atoms with Crippen LogP contribution in [0.1, 0.15) is 32.8 Å². The number of anilines is 1. The molecule has 152 valence electrons. The van der Waals surface area contributed by atoms with Crippen molar-refractivity contribution in [3.63, 3.8) is 0 Å². The first kappa shape index (κ1) is 21.7. The summed E-state index contributed by atoms with van der Waals surface area (Å²) in [6, 6.07) is 11.9. The second-order valence-corrected chi connectivity index (χ2v) is 8.26. The molecule has 1 atom stereocenters. The first-order valence-electron chi connectivity index (χ1n) is 9.08. The lowest BCUT2D eigenvalue weighted by atomic mass is 10.1. The summed E-state index contributed by atoms with van der Waals surface area (Å²) in [5, 5.41) is 2.71. The molecular formula is C20H25FN2O4S. The van der Waals surface area contributed by atoms with Crippen molar-refractivity contribution in [1.29, 1.82) is 0 Å². The number of nitrogens with one attached hydrogen (secondary N) is 1. The van der Waals surface area contributed by atoms with Gasteiger partial charge >= 0.3 is 16.1 Å². The smallest absolute Gasteiger partial charge is 0.322 e. The Labute approximate surface area is 165 Å². The number of carbonyl (C=O) groups excluding carboxylic acids is 1. The molecule has 1 N–H and O–H groups in total. The number of nitrogens with zero attached hydrogens (tertiary/aromatic N) is 1. The highest BCUT2D eigenvalue weighted by Crippen LogP contribution is 2.19. The van der Waals surface area contributed by atoms with Crippen LogP contribution in [-0.4, -0.2) is 31.1 Å². The SMILES string of the molecule is CC[C@@H](C)N(Cc1ccc(OS(=O)(=O)CC)cc1)C(=O)Nc1cccc(F)c1. The highest BCUT2D eigenvalue weighted by molar-refractivity contribution is 7.87. The molecule has 0 heterocycles. The third kappa shape index (κ3) is 6.23. The molecule has 0 unspecified atom stereocenters. The summed E-state index contributed by atoms with van der Waals surface area (Å²) >= 11 is 0. The van der Waals surface area contributed by atoms with E-state index in [1.54, 1.807) is 35.2 Å². The molecule has 2 amide bonds. The van der Waals surface area contributed by atoms with E-state index in [0.717, 1.165) is 12.0 Å². The Kier molecular flexibility index (Phi) is 7.39. The second-order valence-electron chi connectivity index (χ2n) is 6.40. The molecule has 0 saturated heterocycles. The molecular weight excluding hydrogens is 383 g/mol. The summed E-state index contributed by atoms with van der Waals surface area (Å²) in [7, 11) is -3.58. The Morgan fingerprint density at radius 1 is 1.18 bits per heavy atom. The first-order valence-corrected chi connectivity index (χ1v) is 10.7. The Bertz CT molecular complexity index is 901. The molecule has 2 rings (SSSR count). The van der Waals surface area contributed by atoms with Gasteiger partial charge in [-0.25, -0.2) is 9.18 Å². The van der Waals surface area contributed by atoms with E-state index in [2.05, 4.69) is 5.32 Å². The van der Waals surface area contributed by atoms with Crippen molar-refractivity contribution >= 4 is 21.8 Å². The molecule has 0 saturated carbocycles. The molecule has 0 fully saturated rings. The van der Waals surface area contributed by atoms with Gasteiger partial charge in [0.15, 0.2) is 0 Å². The molecule has 8 heteroatoms. The minimum absolute atomic E-state index is 0.0510. The molecule has 0 bridgehead atoms. The number of halogens is 1. The van der Waals surface area contributed by atoms with Crippen LogP contribution in [0.2, 0.25) is 0 Å². The van der Waals surface area contributed by atoms with E-state index in [9.17, 15) is 17.6 Å². The lowest BCUT2D eigenvalue weighted by Gasteiger charge is -2.29. The number of rotatable bonds is 8. The maximum absolute atomic E-state index is 13.4. The summed E-state index contributed by atoms with van der Waals surface area (Å²) in [5.74, 6) is -0.313. The lowest BCUT2D eigenvalue weighted by molar-refractivity contribution is 0.187. The maximum atomic E-state index is 13.4. The van der Waals surface area contributed by atoms with Gasteiger partial charge in [0.05, 0.1) is 5.75 Å². The Morgan fingerprint density at radius 2 is 1.86 bits per heavy atom. The van der Waals surface area contributed by atoms with Crippen LogP contribution in [0.5, 0.6) is 5.75 Å². The third-order valence-corrected chi connectivity index (χ3v) is 5.47. The van der Waals surface area contributed by atoms with Gasteiger partial charge in [0.25, 0.3) is 0 Å². The molecule has 0 spiro atoms. The molecule has 0 aliphatic rings. The second kappa shape index (κ2) is 9.54. The van der Waals surface area contributed by atoms with Crippen molar-refractivity contribution in [3.8, 4) is 5.75 Å². The van der Waals surface area contributed by atoms with Crippen LogP contribution < -0.4 is 9.50 Å². The normalized spacial score (nSPS) is 12.3. The van der Waals surface area contributed by atoms with E-state index >= 15 is 0 Å². The highest BCUT2D eigenvalue weighted by atomic mass is 32.2. The molecule has 6 nitrogen and oxygen atoms in total. The maximum Gasteiger partial charge on any atom is 0.322 e. The minimum atomic E-state index is -3.58. The van der Waals surface area contributed by atoms with E-state index in [-0.39, 0.29) is 23.6 Å². The van der Waals surface area contributed by atoms with Crippen LogP contribution in [0.25, 0.3) is 0 Å². The van der Waals surface area contributed by atoms with Gasteiger partial charge < -0.3 is 14.4 Å². The zero-order chi connectivity index (χ0) is 20.7. The van der Waals surface area contributed by atoms with Gasteiger partial charge in [-0.3, -0.25) is 0 Å². The van der Waals surface area contributed by atoms with Gasteiger partial charge in [-0.05, 0) is 56.2 Å². The highest BCUT2D eigenvalue weighted by Gasteiger charge is 2.20. The van der Waals surface area contributed by atoms with Gasteiger partial charge in [0, 0.05) is 18.3 Å². The Morgan fingerprint density at radius 3 is 2.43 bits per heavy atom. The molecule has 0 aliphatic carbocycles. The summed E-state index contributed by atoms with van der Waals surface area (Å²) < 4.78 is 41.4. The standard InChI is InChI=1S/C20H25FN2O4S/c1-4-15(3)23(20(24)22-18-8-6-7-17(21)13-18)14-16-9-11-19(12-10-16)27-28(25,26)5-2/h6-13,15H,4-5,14H2,1-3H3,(H,22,24)/t15-/m1/s1. The van der Waals surface area contributed by atoms with Gasteiger partial charge in [-0.15, -0.1) is 0 Å². The predicted octanol–water partition coefficient (Wildman–Crippen LogP) is 4.39. The van der Waals surface area contributed by atoms with Crippen LogP contribution in [0.4, 0.5) is 14.9 Å². The first-order chi connectivity index (χ1) is 13.2. The predicted molar refractivity (Wildman–Crippen MR) is 107 cm³/mol. The molecule has 2 aromatic carbocycles. The van der Waals surface area contributed by atoms with Gasteiger partial charge in [-0.2, -0.15) is 8.42 Å². The van der Waals surface area contributed by atoms with Crippen LogP contribution >= 0.6 is 0 Å². The quantitative estimate of drug-likeness (QED) is 0.658. The topological polar surface area (TPSA) is 75.7 Å². The fraction of sp³-hybridized carbons (Fsp3) is 0.350. The fourth-order valence-corrected chi connectivity index (χ4v) is 2.98. The van der Waals surface area contributed by atoms with E-state index in [1.165, 1.54) is 25.1 Å². The Balaban J connectivity index is 2.12. The molecule has 0 aliphatic heterocycles. The van der Waals surface area contributed by atoms with Crippen molar-refractivity contribution in [2.24, 2.45) is 0 Å². The minimum Gasteiger partial charge on any atom is -0.382 e. The summed E-state index contributed by atoms with van der Waals surface area (Å²) in [6.07, 6.45) is 0.743. The largest absolute Gasteiger partial charge is 0.382 e. The summed E-state index contributed by atoms with van der Waals surface area (Å²) in [6.45, 7) is 5.72. The van der Waals surface area contributed by atoms with E-state index in [1.807, 2.05) is 13.8 Å². The number of urea groups is 1. The Hall–Kier alpha value is -2.61. The van der Waals surface area contributed by atoms with Crippen molar-refractivity contribution < 1.29 is 21.8 Å². The summed E-state index contributed by atoms with van der Waals surface area (Å²) in [4.78, 5) is 14.4. The number of hydrogen-bond acceptors (Lipinski definition) is 4. The molecule has 2 aromatic rings.